The van der Waals surface area contributed by atoms with E-state index in [4.69, 9.17) is 10.5 Å². The van der Waals surface area contributed by atoms with E-state index in [0.29, 0.717) is 32.8 Å². The molecule has 6 nitrogen and oxygen atoms in total. The highest BCUT2D eigenvalue weighted by atomic mass is 35.5. The number of amides is 2. The molecule has 0 aromatic heterocycles. The zero-order chi connectivity index (χ0) is 13.6. The third-order valence-electron chi connectivity index (χ3n) is 2.67. The molecule has 0 aromatic carbocycles. The summed E-state index contributed by atoms with van der Waals surface area (Å²) in [4.78, 5) is 25.0. The molecule has 7 heteroatoms. The topological polar surface area (TPSA) is 84.7 Å². The summed E-state index contributed by atoms with van der Waals surface area (Å²) in [7, 11) is 0. The van der Waals surface area contributed by atoms with Crippen molar-refractivity contribution in [2.45, 2.75) is 32.2 Å². The number of halogens is 1. The van der Waals surface area contributed by atoms with E-state index < -0.39 is 5.54 Å². The number of nitrogens with zero attached hydrogens (tertiary/aromatic N) is 1. The van der Waals surface area contributed by atoms with E-state index >= 15 is 0 Å². The SMILES string of the molecule is CC(C)(N)CNC(=O)CCC(=O)N1CCOCC1.Cl. The Balaban J connectivity index is 0.00000324. The molecule has 2 amide bonds. The summed E-state index contributed by atoms with van der Waals surface area (Å²) in [6, 6.07) is 0. The molecule has 0 atom stereocenters. The fraction of sp³-hybridized carbons (Fsp3) is 0.833. The number of nitrogens with one attached hydrogen (secondary N) is 1. The highest BCUT2D eigenvalue weighted by molar-refractivity contribution is 5.85. The number of ether oxygens (including phenoxy) is 1. The molecule has 1 fully saturated rings. The Labute approximate surface area is 120 Å². The molecular formula is C12H24ClN3O3. The predicted octanol–water partition coefficient (Wildman–Crippen LogP) is -0.0993. The summed E-state index contributed by atoms with van der Waals surface area (Å²) >= 11 is 0. The lowest BCUT2D eigenvalue weighted by Gasteiger charge is -2.26. The monoisotopic (exact) mass is 293 g/mol. The first kappa shape index (κ1) is 18.1. The number of hydrogen-bond acceptors (Lipinski definition) is 4. The fourth-order valence-electron chi connectivity index (χ4n) is 1.61. The summed E-state index contributed by atoms with van der Waals surface area (Å²) in [5.74, 6) is -0.115. The minimum absolute atomic E-state index is 0. The second-order valence-corrected chi connectivity index (χ2v) is 5.26. The van der Waals surface area contributed by atoms with E-state index in [1.807, 2.05) is 13.8 Å². The first-order valence-corrected chi connectivity index (χ1v) is 6.29. The molecule has 19 heavy (non-hydrogen) atoms. The van der Waals surface area contributed by atoms with Gasteiger partial charge in [0.15, 0.2) is 0 Å². The van der Waals surface area contributed by atoms with Crippen LogP contribution in [-0.2, 0) is 14.3 Å². The van der Waals surface area contributed by atoms with Gasteiger partial charge < -0.3 is 20.7 Å². The zero-order valence-corrected chi connectivity index (χ0v) is 12.4. The van der Waals surface area contributed by atoms with E-state index in [-0.39, 0.29) is 37.1 Å². The molecule has 0 aliphatic carbocycles. The van der Waals surface area contributed by atoms with Gasteiger partial charge in [-0.25, -0.2) is 0 Å². The van der Waals surface area contributed by atoms with Crippen LogP contribution in [-0.4, -0.2) is 55.1 Å². The molecule has 0 bridgehead atoms. The lowest BCUT2D eigenvalue weighted by Crippen LogP contribution is -2.45. The van der Waals surface area contributed by atoms with Crippen molar-refractivity contribution < 1.29 is 14.3 Å². The first-order chi connectivity index (χ1) is 8.38. The van der Waals surface area contributed by atoms with Gasteiger partial charge in [-0.2, -0.15) is 0 Å². The van der Waals surface area contributed by atoms with Crippen LogP contribution in [0.5, 0.6) is 0 Å². The van der Waals surface area contributed by atoms with Gasteiger partial charge in [0, 0.05) is 38.0 Å². The highest BCUT2D eigenvalue weighted by Gasteiger charge is 2.18. The van der Waals surface area contributed by atoms with Gasteiger partial charge in [0.1, 0.15) is 0 Å². The Kier molecular flexibility index (Phi) is 7.97. The van der Waals surface area contributed by atoms with Crippen LogP contribution in [0.1, 0.15) is 26.7 Å². The molecule has 1 aliphatic heterocycles. The van der Waals surface area contributed by atoms with Crippen molar-refractivity contribution >= 4 is 24.2 Å². The van der Waals surface area contributed by atoms with E-state index in [9.17, 15) is 9.59 Å². The van der Waals surface area contributed by atoms with Crippen molar-refractivity contribution in [3.63, 3.8) is 0 Å². The van der Waals surface area contributed by atoms with Crippen molar-refractivity contribution in [3.05, 3.63) is 0 Å². The summed E-state index contributed by atoms with van der Waals surface area (Å²) in [5, 5.41) is 2.72. The minimum Gasteiger partial charge on any atom is -0.378 e. The third kappa shape index (κ3) is 8.02. The molecule has 0 saturated carbocycles. The molecule has 1 rings (SSSR count). The summed E-state index contributed by atoms with van der Waals surface area (Å²) in [6.45, 7) is 6.50. The van der Waals surface area contributed by atoms with Crippen LogP contribution < -0.4 is 11.1 Å². The molecule has 1 aliphatic rings. The Morgan fingerprint density at radius 2 is 1.84 bits per heavy atom. The standard InChI is InChI=1S/C12H23N3O3.ClH/c1-12(2,13)9-14-10(16)3-4-11(17)15-5-7-18-8-6-15;/h3-9,13H2,1-2H3,(H,14,16);1H. The van der Waals surface area contributed by atoms with Crippen molar-refractivity contribution in [2.24, 2.45) is 5.73 Å². The van der Waals surface area contributed by atoms with Gasteiger partial charge in [0.25, 0.3) is 0 Å². The number of carbonyl (C=O) groups excluding carboxylic acids is 2. The van der Waals surface area contributed by atoms with Crippen LogP contribution in [0.3, 0.4) is 0 Å². The Morgan fingerprint density at radius 1 is 1.26 bits per heavy atom. The van der Waals surface area contributed by atoms with Crippen LogP contribution in [0.4, 0.5) is 0 Å². The van der Waals surface area contributed by atoms with Gasteiger partial charge >= 0.3 is 0 Å². The smallest absolute Gasteiger partial charge is 0.223 e. The maximum absolute atomic E-state index is 11.8. The predicted molar refractivity (Wildman–Crippen MR) is 75.2 cm³/mol. The molecule has 3 N–H and O–H groups in total. The average Bonchev–Trinajstić information content (AvgIpc) is 2.33. The Hall–Kier alpha value is -0.850. The molecule has 0 spiro atoms. The van der Waals surface area contributed by atoms with Crippen LogP contribution in [0.2, 0.25) is 0 Å². The van der Waals surface area contributed by atoms with Crippen LogP contribution in [0.25, 0.3) is 0 Å². The van der Waals surface area contributed by atoms with Gasteiger partial charge in [-0.05, 0) is 13.8 Å². The van der Waals surface area contributed by atoms with Gasteiger partial charge in [-0.1, -0.05) is 0 Å². The van der Waals surface area contributed by atoms with Crippen molar-refractivity contribution in [1.82, 2.24) is 10.2 Å². The van der Waals surface area contributed by atoms with Crippen molar-refractivity contribution in [2.75, 3.05) is 32.8 Å². The fourth-order valence-corrected chi connectivity index (χ4v) is 1.61. The molecular weight excluding hydrogens is 270 g/mol. The Bertz CT molecular complexity index is 299. The molecule has 0 radical (unpaired) electrons. The number of morpholine rings is 1. The maximum atomic E-state index is 11.8. The lowest BCUT2D eigenvalue weighted by molar-refractivity contribution is -0.137. The second-order valence-electron chi connectivity index (χ2n) is 5.26. The van der Waals surface area contributed by atoms with Crippen LogP contribution >= 0.6 is 12.4 Å². The van der Waals surface area contributed by atoms with E-state index in [0.717, 1.165) is 0 Å². The van der Waals surface area contributed by atoms with Crippen LogP contribution in [0, 0.1) is 0 Å². The highest BCUT2D eigenvalue weighted by Crippen LogP contribution is 2.02. The molecule has 0 aromatic rings. The molecule has 0 unspecified atom stereocenters. The third-order valence-corrected chi connectivity index (χ3v) is 2.67. The lowest BCUT2D eigenvalue weighted by atomic mass is 10.1. The van der Waals surface area contributed by atoms with Crippen molar-refractivity contribution in [1.29, 1.82) is 0 Å². The second kappa shape index (κ2) is 8.35. The van der Waals surface area contributed by atoms with Gasteiger partial charge in [-0.15, -0.1) is 12.4 Å². The normalized spacial score (nSPS) is 15.6. The summed E-state index contributed by atoms with van der Waals surface area (Å²) in [6.07, 6.45) is 0.461. The largest absolute Gasteiger partial charge is 0.378 e. The molecule has 112 valence electrons. The number of carbonyl (C=O) groups is 2. The summed E-state index contributed by atoms with van der Waals surface area (Å²) < 4.78 is 5.16. The number of rotatable bonds is 5. The summed E-state index contributed by atoms with van der Waals surface area (Å²) in [5.41, 5.74) is 5.33. The molecule has 1 saturated heterocycles. The quantitative estimate of drug-likeness (QED) is 0.741. The van der Waals surface area contributed by atoms with Gasteiger partial charge in [0.05, 0.1) is 13.2 Å². The Morgan fingerprint density at radius 3 is 2.37 bits per heavy atom. The number of hydrogen-bond donors (Lipinski definition) is 2. The van der Waals surface area contributed by atoms with Gasteiger partial charge in [0.2, 0.25) is 11.8 Å². The van der Waals surface area contributed by atoms with Crippen LogP contribution in [0.15, 0.2) is 0 Å². The minimum atomic E-state index is -0.427. The maximum Gasteiger partial charge on any atom is 0.223 e. The molecule has 1 heterocycles. The van der Waals surface area contributed by atoms with E-state index in [1.165, 1.54) is 0 Å². The van der Waals surface area contributed by atoms with E-state index in [2.05, 4.69) is 5.32 Å². The average molecular weight is 294 g/mol. The van der Waals surface area contributed by atoms with Gasteiger partial charge in [-0.3, -0.25) is 9.59 Å². The van der Waals surface area contributed by atoms with E-state index in [1.54, 1.807) is 4.90 Å². The zero-order valence-electron chi connectivity index (χ0n) is 11.6. The first-order valence-electron chi connectivity index (χ1n) is 6.29. The van der Waals surface area contributed by atoms with Crippen molar-refractivity contribution in [3.8, 4) is 0 Å². The number of nitrogens with two attached hydrogens (primary N) is 1.